The van der Waals surface area contributed by atoms with Gasteiger partial charge < -0.3 is 24.8 Å². The Labute approximate surface area is 123 Å². The standard InChI is InChI=1S/C15H22O6/c1-3-11(17)21-15-7-12(18)4-13(19,8-15)6-14(5-12,10(15)2)20-9-16/h3,10,16,18-19H,1,4-9H2,2H3. The summed E-state index contributed by atoms with van der Waals surface area (Å²) in [6.07, 6.45) is 2.55. The molecule has 0 saturated heterocycles. The van der Waals surface area contributed by atoms with Crippen molar-refractivity contribution in [3.63, 3.8) is 0 Å². The van der Waals surface area contributed by atoms with Crippen LogP contribution in [0.3, 0.4) is 0 Å². The van der Waals surface area contributed by atoms with Crippen LogP contribution in [0.5, 0.6) is 0 Å². The lowest BCUT2D eigenvalue weighted by molar-refractivity contribution is -0.342. The van der Waals surface area contributed by atoms with Crippen LogP contribution >= 0.6 is 0 Å². The molecule has 6 heteroatoms. The number of hydrogen-bond donors (Lipinski definition) is 3. The predicted octanol–water partition coefficient (Wildman–Crippen LogP) is 0.249. The van der Waals surface area contributed by atoms with Gasteiger partial charge in [-0.05, 0) is 0 Å². The van der Waals surface area contributed by atoms with Crippen molar-refractivity contribution in [1.82, 2.24) is 0 Å². The zero-order chi connectivity index (χ0) is 15.5. The van der Waals surface area contributed by atoms with Crippen LogP contribution in [0.2, 0.25) is 0 Å². The molecule has 0 heterocycles. The normalized spacial score (nSPS) is 51.0. The topological polar surface area (TPSA) is 96.2 Å². The number of ether oxygens (including phenoxy) is 2. The molecule has 3 atom stereocenters. The van der Waals surface area contributed by atoms with E-state index in [4.69, 9.17) is 9.47 Å². The lowest BCUT2D eigenvalue weighted by Crippen LogP contribution is -2.77. The Hall–Kier alpha value is -0.950. The fraction of sp³-hybridized carbons (Fsp3) is 0.800. The molecular weight excluding hydrogens is 276 g/mol. The van der Waals surface area contributed by atoms with Crippen molar-refractivity contribution >= 4 is 5.97 Å². The monoisotopic (exact) mass is 298 g/mol. The smallest absolute Gasteiger partial charge is 0.330 e. The van der Waals surface area contributed by atoms with Crippen molar-refractivity contribution < 1.29 is 29.6 Å². The van der Waals surface area contributed by atoms with Gasteiger partial charge in [-0.1, -0.05) is 13.5 Å². The highest BCUT2D eigenvalue weighted by molar-refractivity contribution is 5.81. The molecule has 0 spiro atoms. The zero-order valence-corrected chi connectivity index (χ0v) is 12.2. The van der Waals surface area contributed by atoms with Gasteiger partial charge in [-0.2, -0.15) is 0 Å². The molecule has 0 aromatic heterocycles. The molecule has 21 heavy (non-hydrogen) atoms. The Bertz CT molecular complexity index is 469. The summed E-state index contributed by atoms with van der Waals surface area (Å²) in [6, 6.07) is 0. The summed E-state index contributed by atoms with van der Waals surface area (Å²) in [5.74, 6) is -0.808. The molecular formula is C15H22O6. The largest absolute Gasteiger partial charge is 0.455 e. The van der Waals surface area contributed by atoms with Crippen LogP contribution in [-0.2, 0) is 14.3 Å². The van der Waals surface area contributed by atoms with Gasteiger partial charge in [0.15, 0.2) is 0 Å². The van der Waals surface area contributed by atoms with E-state index >= 15 is 0 Å². The summed E-state index contributed by atoms with van der Waals surface area (Å²) >= 11 is 0. The van der Waals surface area contributed by atoms with E-state index in [1.807, 2.05) is 6.92 Å². The predicted molar refractivity (Wildman–Crippen MR) is 72.1 cm³/mol. The van der Waals surface area contributed by atoms with Crippen LogP contribution in [0.1, 0.15) is 39.0 Å². The quantitative estimate of drug-likeness (QED) is 0.391. The average molecular weight is 298 g/mol. The fourth-order valence-electron chi connectivity index (χ4n) is 5.19. The third-order valence-corrected chi connectivity index (χ3v) is 5.57. The molecule has 4 rings (SSSR count). The molecule has 0 aliphatic heterocycles. The third-order valence-electron chi connectivity index (χ3n) is 5.57. The first-order valence-electron chi connectivity index (χ1n) is 7.26. The summed E-state index contributed by atoms with van der Waals surface area (Å²) in [5.41, 5.74) is -4.16. The molecule has 118 valence electrons. The minimum Gasteiger partial charge on any atom is -0.455 e. The van der Waals surface area contributed by atoms with Gasteiger partial charge in [-0.15, -0.1) is 0 Å². The molecule has 0 radical (unpaired) electrons. The Kier molecular flexibility index (Phi) is 3.05. The maximum Gasteiger partial charge on any atom is 0.330 e. The summed E-state index contributed by atoms with van der Waals surface area (Å²) in [4.78, 5) is 11.7. The van der Waals surface area contributed by atoms with Crippen molar-refractivity contribution in [2.45, 2.75) is 61.4 Å². The first kappa shape index (κ1) is 15.0. The highest BCUT2D eigenvalue weighted by Gasteiger charge is 2.73. The number of esters is 1. The molecule has 4 aliphatic carbocycles. The first-order valence-corrected chi connectivity index (χ1v) is 7.26. The van der Waals surface area contributed by atoms with Crippen molar-refractivity contribution in [3.05, 3.63) is 12.7 Å². The molecule has 3 N–H and O–H groups in total. The third kappa shape index (κ3) is 2.04. The van der Waals surface area contributed by atoms with E-state index in [2.05, 4.69) is 6.58 Å². The molecule has 4 aliphatic rings. The van der Waals surface area contributed by atoms with Gasteiger partial charge in [0.2, 0.25) is 0 Å². The van der Waals surface area contributed by atoms with Crippen molar-refractivity contribution in [2.24, 2.45) is 5.92 Å². The molecule has 4 bridgehead atoms. The summed E-state index contributed by atoms with van der Waals surface area (Å²) in [5, 5.41) is 30.8. The second-order valence-corrected chi connectivity index (χ2v) is 7.08. The fourth-order valence-corrected chi connectivity index (χ4v) is 5.19. The zero-order valence-electron chi connectivity index (χ0n) is 12.2. The van der Waals surface area contributed by atoms with Gasteiger partial charge in [-0.25, -0.2) is 4.79 Å². The number of carbonyl (C=O) groups is 1. The molecule has 6 nitrogen and oxygen atoms in total. The van der Waals surface area contributed by atoms with Crippen LogP contribution in [0.15, 0.2) is 12.7 Å². The van der Waals surface area contributed by atoms with Gasteiger partial charge in [0, 0.05) is 44.1 Å². The van der Waals surface area contributed by atoms with E-state index in [9.17, 15) is 20.1 Å². The van der Waals surface area contributed by atoms with Crippen molar-refractivity contribution in [2.75, 3.05) is 6.79 Å². The van der Waals surface area contributed by atoms with Crippen LogP contribution in [0.4, 0.5) is 0 Å². The number of aliphatic hydroxyl groups excluding tert-OH is 1. The summed E-state index contributed by atoms with van der Waals surface area (Å²) < 4.78 is 11.1. The van der Waals surface area contributed by atoms with Crippen molar-refractivity contribution in [1.29, 1.82) is 0 Å². The minimum atomic E-state index is -1.14. The Morgan fingerprint density at radius 1 is 1.19 bits per heavy atom. The van der Waals surface area contributed by atoms with Gasteiger partial charge in [0.25, 0.3) is 0 Å². The minimum absolute atomic E-state index is 0.234. The van der Waals surface area contributed by atoms with Crippen LogP contribution in [0.25, 0.3) is 0 Å². The van der Waals surface area contributed by atoms with Crippen LogP contribution in [-0.4, -0.2) is 50.5 Å². The molecule has 0 aromatic rings. The Morgan fingerprint density at radius 2 is 1.71 bits per heavy atom. The average Bonchev–Trinajstić information content (AvgIpc) is 2.33. The second-order valence-electron chi connectivity index (χ2n) is 7.08. The second kappa shape index (κ2) is 4.29. The van der Waals surface area contributed by atoms with Gasteiger partial charge >= 0.3 is 5.97 Å². The maximum atomic E-state index is 11.7. The van der Waals surface area contributed by atoms with Crippen LogP contribution < -0.4 is 0 Å². The summed E-state index contributed by atoms with van der Waals surface area (Å²) in [7, 11) is 0. The lowest BCUT2D eigenvalue weighted by atomic mass is 9.44. The maximum absolute atomic E-state index is 11.7. The van der Waals surface area contributed by atoms with E-state index in [0.717, 1.165) is 6.08 Å². The van der Waals surface area contributed by atoms with E-state index in [-0.39, 0.29) is 25.2 Å². The SMILES string of the molecule is C=CC(=O)OC12CC3(O)CC(O)(CC(OCO)(C3)C1C)C2. The first-order chi connectivity index (χ1) is 9.71. The molecule has 4 fully saturated rings. The molecule has 0 aromatic carbocycles. The highest BCUT2D eigenvalue weighted by atomic mass is 16.6. The van der Waals surface area contributed by atoms with E-state index in [1.165, 1.54) is 0 Å². The number of hydrogen-bond acceptors (Lipinski definition) is 6. The van der Waals surface area contributed by atoms with Gasteiger partial charge in [0.1, 0.15) is 12.4 Å². The number of rotatable bonds is 4. The van der Waals surface area contributed by atoms with Crippen LogP contribution in [0, 0.1) is 5.92 Å². The van der Waals surface area contributed by atoms with Gasteiger partial charge in [-0.3, -0.25) is 0 Å². The lowest BCUT2D eigenvalue weighted by Gasteiger charge is -2.68. The summed E-state index contributed by atoms with van der Waals surface area (Å²) in [6.45, 7) is 4.79. The van der Waals surface area contributed by atoms with E-state index in [0.29, 0.717) is 12.8 Å². The van der Waals surface area contributed by atoms with Crippen molar-refractivity contribution in [3.8, 4) is 0 Å². The number of carbonyl (C=O) groups excluding carboxylic acids is 1. The Balaban J connectivity index is 2.05. The molecule has 4 saturated carbocycles. The van der Waals surface area contributed by atoms with E-state index < -0.39 is 35.2 Å². The Morgan fingerprint density at radius 3 is 2.19 bits per heavy atom. The molecule has 0 amide bonds. The van der Waals surface area contributed by atoms with Gasteiger partial charge in [0.05, 0.1) is 16.8 Å². The number of aliphatic hydroxyl groups is 3. The van der Waals surface area contributed by atoms with E-state index in [1.54, 1.807) is 0 Å². The highest BCUT2D eigenvalue weighted by Crippen LogP contribution is 2.65. The molecule has 3 unspecified atom stereocenters.